The molecule has 0 radical (unpaired) electrons. The number of nitrogens with zero attached hydrogens (tertiary/aromatic N) is 3. The predicted molar refractivity (Wildman–Crippen MR) is 146 cm³/mol. The van der Waals surface area contributed by atoms with Crippen molar-refractivity contribution < 1.29 is 13.2 Å². The van der Waals surface area contributed by atoms with Gasteiger partial charge in [-0.05, 0) is 67.0 Å². The molecule has 2 fully saturated rings. The highest BCUT2D eigenvalue weighted by molar-refractivity contribution is 7.92. The molecule has 2 aliphatic rings. The number of methoxy groups -OCH3 is 1. The summed E-state index contributed by atoms with van der Waals surface area (Å²) in [5, 5.41) is 4.02. The van der Waals surface area contributed by atoms with Gasteiger partial charge in [-0.1, -0.05) is 25.3 Å². The summed E-state index contributed by atoms with van der Waals surface area (Å²) in [6.45, 7) is 0. The second kappa shape index (κ2) is 10.1. The van der Waals surface area contributed by atoms with Gasteiger partial charge in [0, 0.05) is 30.3 Å². The molecule has 1 aliphatic heterocycles. The molecule has 36 heavy (non-hydrogen) atoms. The lowest BCUT2D eigenvalue weighted by atomic mass is 9.95. The van der Waals surface area contributed by atoms with Gasteiger partial charge in [-0.2, -0.15) is 0 Å². The molecule has 3 aromatic rings. The van der Waals surface area contributed by atoms with Crippen LogP contribution in [0.15, 0.2) is 61.1 Å². The number of sulfonamides is 1. The summed E-state index contributed by atoms with van der Waals surface area (Å²) in [5.74, 6) is 0.434. The van der Waals surface area contributed by atoms with Crippen LogP contribution in [0.4, 0.5) is 11.4 Å². The van der Waals surface area contributed by atoms with Crippen LogP contribution in [-0.4, -0.2) is 36.4 Å². The van der Waals surface area contributed by atoms with Crippen LogP contribution < -0.4 is 19.7 Å². The molecule has 1 saturated heterocycles. The molecule has 2 N–H and O–H groups in total. The Kier molecular flexibility index (Phi) is 6.90. The van der Waals surface area contributed by atoms with Crippen molar-refractivity contribution in [1.29, 1.82) is 0 Å². The molecular formula is C26H31N5O3S2. The first-order valence-corrected chi connectivity index (χ1v) is 14.5. The minimum Gasteiger partial charge on any atom is -0.495 e. The van der Waals surface area contributed by atoms with Gasteiger partial charge in [0.15, 0.2) is 5.11 Å². The number of ether oxygens (including phenoxy) is 1. The van der Waals surface area contributed by atoms with Crippen molar-refractivity contribution in [1.82, 2.24) is 14.9 Å². The fraction of sp³-hybridized carbons (Fsp3) is 0.385. The number of anilines is 2. The quantitative estimate of drug-likeness (QED) is 0.422. The van der Waals surface area contributed by atoms with Crippen molar-refractivity contribution in [3.05, 3.63) is 72.3 Å². The van der Waals surface area contributed by atoms with E-state index in [4.69, 9.17) is 17.0 Å². The number of hydrogen-bond donors (Lipinski definition) is 2. The van der Waals surface area contributed by atoms with Crippen LogP contribution in [0.5, 0.6) is 5.75 Å². The Balaban J connectivity index is 1.57. The van der Waals surface area contributed by atoms with Crippen LogP contribution in [0.25, 0.3) is 0 Å². The van der Waals surface area contributed by atoms with E-state index >= 15 is 0 Å². The average Bonchev–Trinajstić information content (AvgIpc) is 3.49. The van der Waals surface area contributed by atoms with E-state index in [1.54, 1.807) is 18.3 Å². The first-order chi connectivity index (χ1) is 17.3. The van der Waals surface area contributed by atoms with Crippen molar-refractivity contribution in [2.24, 2.45) is 0 Å². The van der Waals surface area contributed by atoms with Crippen LogP contribution in [0.2, 0.25) is 0 Å². The largest absolute Gasteiger partial charge is 0.495 e. The second-order valence-electron chi connectivity index (χ2n) is 9.44. The van der Waals surface area contributed by atoms with Crippen molar-refractivity contribution in [2.75, 3.05) is 23.0 Å². The summed E-state index contributed by atoms with van der Waals surface area (Å²) < 4.78 is 34.3. The van der Waals surface area contributed by atoms with E-state index in [2.05, 4.69) is 38.1 Å². The Bertz CT molecular complexity index is 1340. The molecule has 3 heterocycles. The maximum Gasteiger partial charge on any atom is 0.229 e. The summed E-state index contributed by atoms with van der Waals surface area (Å²) in [6, 6.07) is 13.6. The van der Waals surface area contributed by atoms with Crippen LogP contribution in [0.1, 0.15) is 61.5 Å². The topological polar surface area (TPSA) is 88.5 Å². The van der Waals surface area contributed by atoms with Gasteiger partial charge in [0.1, 0.15) is 5.75 Å². The molecule has 1 aromatic carbocycles. The molecule has 8 nitrogen and oxygen atoms in total. The lowest BCUT2D eigenvalue weighted by molar-refractivity contribution is 0.353. The molecule has 0 bridgehead atoms. The van der Waals surface area contributed by atoms with Gasteiger partial charge in [-0.25, -0.2) is 8.42 Å². The smallest absolute Gasteiger partial charge is 0.229 e. The lowest BCUT2D eigenvalue weighted by Crippen LogP contribution is -2.29. The van der Waals surface area contributed by atoms with Crippen LogP contribution in [0.3, 0.4) is 0 Å². The van der Waals surface area contributed by atoms with Crippen LogP contribution >= 0.6 is 12.2 Å². The van der Waals surface area contributed by atoms with Crippen molar-refractivity contribution in [3.63, 3.8) is 0 Å². The summed E-state index contributed by atoms with van der Waals surface area (Å²) in [7, 11) is -1.99. The van der Waals surface area contributed by atoms with Crippen molar-refractivity contribution >= 4 is 38.7 Å². The second-order valence-corrected chi connectivity index (χ2v) is 11.6. The number of aromatic nitrogens is 2. The zero-order valence-electron chi connectivity index (χ0n) is 20.4. The summed E-state index contributed by atoms with van der Waals surface area (Å²) in [4.78, 5) is 6.67. The zero-order chi connectivity index (χ0) is 25.3. The molecule has 1 saturated carbocycles. The first-order valence-electron chi connectivity index (χ1n) is 12.2. The van der Waals surface area contributed by atoms with E-state index in [0.717, 1.165) is 23.2 Å². The Morgan fingerprint density at radius 2 is 1.94 bits per heavy atom. The highest BCUT2D eigenvalue weighted by atomic mass is 32.2. The minimum absolute atomic E-state index is 0.170. The molecule has 190 valence electrons. The molecule has 0 spiro atoms. The number of hydrogen-bond acceptors (Lipinski definition) is 5. The SMILES string of the molecule is COc1ccc(N2C(=S)N[C@@H](c3ccccn3)[C@H]2c2ccn(C3CCCCC3)c2)cc1NS(C)(=O)=O. The van der Waals surface area contributed by atoms with Crippen LogP contribution in [0, 0.1) is 0 Å². The van der Waals surface area contributed by atoms with E-state index in [0.29, 0.717) is 22.6 Å². The van der Waals surface area contributed by atoms with Crippen molar-refractivity contribution in [3.8, 4) is 5.75 Å². The monoisotopic (exact) mass is 525 g/mol. The third-order valence-electron chi connectivity index (χ3n) is 6.93. The van der Waals surface area contributed by atoms with Crippen molar-refractivity contribution in [2.45, 2.75) is 50.2 Å². The maximum atomic E-state index is 12.0. The Morgan fingerprint density at radius 3 is 2.64 bits per heavy atom. The van der Waals surface area contributed by atoms with Gasteiger partial charge >= 0.3 is 0 Å². The van der Waals surface area contributed by atoms with Gasteiger partial charge in [0.25, 0.3) is 0 Å². The van der Waals surface area contributed by atoms with E-state index < -0.39 is 10.0 Å². The van der Waals surface area contributed by atoms with E-state index in [9.17, 15) is 8.42 Å². The van der Waals surface area contributed by atoms with Gasteiger partial charge in [0.05, 0.1) is 36.8 Å². The molecule has 0 unspecified atom stereocenters. The molecule has 1 aliphatic carbocycles. The van der Waals surface area contributed by atoms with Gasteiger partial charge in [0.2, 0.25) is 10.0 Å². The summed E-state index contributed by atoms with van der Waals surface area (Å²) in [6.07, 6.45) is 13.5. The molecule has 0 amide bonds. The number of benzene rings is 1. The third kappa shape index (κ3) is 5.05. The van der Waals surface area contributed by atoms with E-state index in [1.807, 2.05) is 29.2 Å². The minimum atomic E-state index is -3.50. The van der Waals surface area contributed by atoms with Gasteiger partial charge in [-0.3, -0.25) is 9.71 Å². The standard InChI is InChI=1S/C26H31N5O3S2/c1-34-23-12-11-20(16-22(23)29-36(2,32)33)31-25(24(28-26(31)35)21-10-6-7-14-27-21)18-13-15-30(17-18)19-8-4-3-5-9-19/h6-7,10-17,19,24-25,29H,3-5,8-9H2,1-2H3,(H,28,35)/t24-,25+/m0/s1. The first kappa shape index (κ1) is 24.6. The maximum absolute atomic E-state index is 12.0. The highest BCUT2D eigenvalue weighted by Gasteiger charge is 2.41. The molecule has 5 rings (SSSR count). The third-order valence-corrected chi connectivity index (χ3v) is 7.84. The normalized spacial score (nSPS) is 20.8. The van der Waals surface area contributed by atoms with E-state index in [-0.39, 0.29) is 12.1 Å². The number of pyridine rings is 1. The zero-order valence-corrected chi connectivity index (χ0v) is 22.1. The van der Waals surface area contributed by atoms with Crippen LogP contribution in [-0.2, 0) is 10.0 Å². The number of rotatable bonds is 7. The predicted octanol–water partition coefficient (Wildman–Crippen LogP) is 4.95. The Labute approximate surface area is 217 Å². The van der Waals surface area contributed by atoms with Gasteiger partial charge in [-0.15, -0.1) is 0 Å². The lowest BCUT2D eigenvalue weighted by Gasteiger charge is -2.28. The molecule has 10 heteroatoms. The Morgan fingerprint density at radius 1 is 1.14 bits per heavy atom. The summed E-state index contributed by atoms with van der Waals surface area (Å²) >= 11 is 5.83. The number of nitrogens with one attached hydrogen (secondary N) is 2. The fourth-order valence-corrected chi connectivity index (χ4v) is 6.21. The Hall–Kier alpha value is -3.11. The molecule has 2 aromatic heterocycles. The highest BCUT2D eigenvalue weighted by Crippen LogP contribution is 2.44. The molecule has 2 atom stereocenters. The average molecular weight is 526 g/mol. The van der Waals surface area contributed by atoms with E-state index in [1.165, 1.54) is 39.2 Å². The van der Waals surface area contributed by atoms with Gasteiger partial charge < -0.3 is 19.5 Å². The molecular weight excluding hydrogens is 494 g/mol. The number of thiocarbonyl (C=S) groups is 1. The fourth-order valence-electron chi connectivity index (χ4n) is 5.31. The summed E-state index contributed by atoms with van der Waals surface area (Å²) in [5.41, 5.74) is 3.13.